The first kappa shape index (κ1) is 22.6. The maximum absolute atomic E-state index is 12.2. The first-order valence-corrected chi connectivity index (χ1v) is 10.8. The molecule has 1 aromatic carbocycles. The fraction of sp³-hybridized carbons (Fsp3) is 0.364. The molecule has 160 valence electrons. The van der Waals surface area contributed by atoms with Gasteiger partial charge in [0.1, 0.15) is 28.2 Å². The van der Waals surface area contributed by atoms with Gasteiger partial charge in [-0.2, -0.15) is 10.5 Å². The second kappa shape index (κ2) is 9.36. The van der Waals surface area contributed by atoms with Crippen molar-refractivity contribution in [3.8, 4) is 12.1 Å². The lowest BCUT2D eigenvalue weighted by Gasteiger charge is -2.25. The van der Waals surface area contributed by atoms with E-state index in [2.05, 4.69) is 17.1 Å². The third-order valence-corrected chi connectivity index (χ3v) is 6.69. The Labute approximate surface area is 185 Å². The van der Waals surface area contributed by atoms with Gasteiger partial charge < -0.3 is 21.5 Å². The zero-order valence-electron chi connectivity index (χ0n) is 17.2. The molecule has 9 heteroatoms. The highest BCUT2D eigenvalue weighted by molar-refractivity contribution is 8.00. The van der Waals surface area contributed by atoms with Gasteiger partial charge in [0, 0.05) is 19.6 Å². The summed E-state index contributed by atoms with van der Waals surface area (Å²) in [5.74, 6) is -0.161. The molecule has 1 aromatic heterocycles. The van der Waals surface area contributed by atoms with Crippen LogP contribution in [0.3, 0.4) is 0 Å². The van der Waals surface area contributed by atoms with Gasteiger partial charge in [0.05, 0.1) is 16.7 Å². The average molecular weight is 437 g/mol. The molecular formula is C22H24N6O2S. The molecule has 2 unspecified atom stereocenters. The number of benzene rings is 1. The van der Waals surface area contributed by atoms with E-state index >= 15 is 0 Å². The van der Waals surface area contributed by atoms with Gasteiger partial charge in [0.25, 0.3) is 0 Å². The largest absolute Gasteiger partial charge is 0.387 e. The Bertz CT molecular complexity index is 1060. The molecule has 1 saturated heterocycles. The SMILES string of the molecule is CCc1c(C#N)c(SC(C(N)=O)c2ccccc2)nc(N2CCC(O)(CN)C2)c1C#N. The van der Waals surface area contributed by atoms with Crippen molar-refractivity contribution in [3.05, 3.63) is 52.6 Å². The van der Waals surface area contributed by atoms with Crippen LogP contribution in [0.15, 0.2) is 35.4 Å². The van der Waals surface area contributed by atoms with Crippen LogP contribution < -0.4 is 16.4 Å². The molecule has 3 rings (SSSR count). The van der Waals surface area contributed by atoms with Crippen LogP contribution in [-0.4, -0.2) is 41.2 Å². The van der Waals surface area contributed by atoms with Crippen molar-refractivity contribution in [1.82, 2.24) is 4.98 Å². The van der Waals surface area contributed by atoms with Gasteiger partial charge in [0.15, 0.2) is 0 Å². The van der Waals surface area contributed by atoms with Gasteiger partial charge in [0.2, 0.25) is 5.91 Å². The van der Waals surface area contributed by atoms with Crippen LogP contribution in [0.5, 0.6) is 0 Å². The molecule has 0 bridgehead atoms. The standard InChI is InChI=1S/C22H24N6O2S/c1-2-15-16(10-23)20(28-9-8-22(30,12-25)13-28)27-21(17(15)11-24)31-18(19(26)29)14-6-4-3-5-7-14/h3-7,18,30H,2,8-9,12-13,25H2,1H3,(H2,26,29). The normalized spacial score (nSPS) is 18.9. The van der Waals surface area contributed by atoms with Crippen molar-refractivity contribution in [2.24, 2.45) is 11.5 Å². The molecular weight excluding hydrogens is 412 g/mol. The summed E-state index contributed by atoms with van der Waals surface area (Å²) < 4.78 is 0. The van der Waals surface area contributed by atoms with Crippen LogP contribution in [0.4, 0.5) is 5.82 Å². The van der Waals surface area contributed by atoms with Gasteiger partial charge in [-0.1, -0.05) is 49.0 Å². The van der Waals surface area contributed by atoms with E-state index in [0.717, 1.165) is 11.8 Å². The number of rotatable bonds is 7. The van der Waals surface area contributed by atoms with Crippen LogP contribution in [0.25, 0.3) is 0 Å². The molecule has 5 N–H and O–H groups in total. The van der Waals surface area contributed by atoms with Crippen LogP contribution in [0.2, 0.25) is 0 Å². The van der Waals surface area contributed by atoms with E-state index in [1.807, 2.05) is 30.0 Å². The van der Waals surface area contributed by atoms with Crippen LogP contribution >= 0.6 is 11.8 Å². The summed E-state index contributed by atoms with van der Waals surface area (Å²) in [4.78, 5) is 18.7. The van der Waals surface area contributed by atoms with E-state index in [-0.39, 0.29) is 18.7 Å². The summed E-state index contributed by atoms with van der Waals surface area (Å²) in [7, 11) is 0. The van der Waals surface area contributed by atoms with Gasteiger partial charge >= 0.3 is 0 Å². The number of pyridine rings is 1. The topological polar surface area (TPSA) is 153 Å². The lowest BCUT2D eigenvalue weighted by molar-refractivity contribution is -0.117. The minimum atomic E-state index is -1.05. The Balaban J connectivity index is 2.13. The van der Waals surface area contributed by atoms with E-state index < -0.39 is 16.8 Å². The number of carbonyl (C=O) groups is 1. The minimum absolute atomic E-state index is 0.0989. The van der Waals surface area contributed by atoms with E-state index in [0.29, 0.717) is 46.9 Å². The molecule has 31 heavy (non-hydrogen) atoms. The summed E-state index contributed by atoms with van der Waals surface area (Å²) >= 11 is 1.10. The van der Waals surface area contributed by atoms with Crippen molar-refractivity contribution in [2.45, 2.75) is 35.6 Å². The number of thioether (sulfide) groups is 1. The Morgan fingerprint density at radius 1 is 1.32 bits per heavy atom. The smallest absolute Gasteiger partial charge is 0.235 e. The number of amides is 1. The number of primary amides is 1. The van der Waals surface area contributed by atoms with Gasteiger partial charge in [-0.05, 0) is 24.0 Å². The van der Waals surface area contributed by atoms with E-state index in [1.54, 1.807) is 12.1 Å². The van der Waals surface area contributed by atoms with Crippen LogP contribution in [0.1, 0.15) is 40.8 Å². The Kier molecular flexibility index (Phi) is 6.81. The first-order chi connectivity index (χ1) is 14.9. The summed E-state index contributed by atoms with van der Waals surface area (Å²) in [6.07, 6.45) is 0.893. The van der Waals surface area contributed by atoms with Gasteiger partial charge in [-0.3, -0.25) is 4.79 Å². The Hall–Kier alpha value is -3.11. The van der Waals surface area contributed by atoms with Crippen LogP contribution in [0, 0.1) is 22.7 Å². The first-order valence-electron chi connectivity index (χ1n) is 9.92. The number of nitrogens with zero attached hydrogens (tertiary/aromatic N) is 4. The van der Waals surface area contributed by atoms with Crippen molar-refractivity contribution in [3.63, 3.8) is 0 Å². The summed E-state index contributed by atoms with van der Waals surface area (Å²) in [5, 5.41) is 29.8. The Morgan fingerprint density at radius 2 is 2.00 bits per heavy atom. The Morgan fingerprint density at radius 3 is 2.52 bits per heavy atom. The van der Waals surface area contributed by atoms with Crippen molar-refractivity contribution < 1.29 is 9.90 Å². The molecule has 0 radical (unpaired) electrons. The summed E-state index contributed by atoms with van der Waals surface area (Å²) in [6, 6.07) is 13.4. The maximum atomic E-state index is 12.2. The fourth-order valence-corrected chi connectivity index (χ4v) is 4.79. The number of aliphatic hydroxyl groups is 1. The number of anilines is 1. The molecule has 2 heterocycles. The van der Waals surface area contributed by atoms with Crippen molar-refractivity contribution in [1.29, 1.82) is 10.5 Å². The molecule has 1 aliphatic rings. The summed E-state index contributed by atoms with van der Waals surface area (Å²) in [5.41, 5.74) is 12.2. The van der Waals surface area contributed by atoms with Gasteiger partial charge in [-0.25, -0.2) is 4.98 Å². The third-order valence-electron chi connectivity index (χ3n) is 5.43. The van der Waals surface area contributed by atoms with E-state index in [1.165, 1.54) is 0 Å². The predicted octanol–water partition coefficient (Wildman–Crippen LogP) is 1.61. The number of carbonyl (C=O) groups excluding carboxylic acids is 1. The molecule has 1 amide bonds. The lowest BCUT2D eigenvalue weighted by atomic mass is 10.0. The maximum Gasteiger partial charge on any atom is 0.235 e. The van der Waals surface area contributed by atoms with E-state index in [4.69, 9.17) is 11.5 Å². The zero-order chi connectivity index (χ0) is 22.6. The number of aromatic nitrogens is 1. The minimum Gasteiger partial charge on any atom is -0.387 e. The number of nitrogens with two attached hydrogens (primary N) is 2. The number of hydrogen-bond donors (Lipinski definition) is 3. The highest BCUT2D eigenvalue weighted by Gasteiger charge is 2.37. The highest BCUT2D eigenvalue weighted by atomic mass is 32.2. The van der Waals surface area contributed by atoms with Crippen molar-refractivity contribution >= 4 is 23.5 Å². The summed E-state index contributed by atoms with van der Waals surface area (Å²) in [6.45, 7) is 2.68. The van der Waals surface area contributed by atoms with E-state index in [9.17, 15) is 20.4 Å². The lowest BCUT2D eigenvalue weighted by Crippen LogP contribution is -2.40. The van der Waals surface area contributed by atoms with Crippen LogP contribution in [-0.2, 0) is 11.2 Å². The predicted molar refractivity (Wildman–Crippen MR) is 118 cm³/mol. The third kappa shape index (κ3) is 4.49. The highest BCUT2D eigenvalue weighted by Crippen LogP contribution is 2.40. The number of hydrogen-bond acceptors (Lipinski definition) is 8. The van der Waals surface area contributed by atoms with Gasteiger partial charge in [-0.15, -0.1) is 0 Å². The second-order valence-corrected chi connectivity index (χ2v) is 8.55. The molecule has 0 spiro atoms. The quantitative estimate of drug-likeness (QED) is 0.553. The molecule has 1 aliphatic heterocycles. The average Bonchev–Trinajstić information content (AvgIpc) is 3.19. The molecule has 0 saturated carbocycles. The molecule has 0 aliphatic carbocycles. The van der Waals surface area contributed by atoms with Crippen molar-refractivity contribution in [2.75, 3.05) is 24.5 Å². The molecule has 2 atom stereocenters. The second-order valence-electron chi connectivity index (χ2n) is 7.46. The fourth-order valence-electron chi connectivity index (χ4n) is 3.73. The number of β-amino-alcohol motifs (C(OH)–C–C–N with tert-alkyl or cyclic N) is 1. The molecule has 1 fully saturated rings. The number of nitriles is 2. The zero-order valence-corrected chi connectivity index (χ0v) is 18.0. The monoisotopic (exact) mass is 436 g/mol. The molecule has 8 nitrogen and oxygen atoms in total. The molecule has 2 aromatic rings.